The van der Waals surface area contributed by atoms with E-state index < -0.39 is 0 Å². The van der Waals surface area contributed by atoms with E-state index in [4.69, 9.17) is 9.97 Å². The fourth-order valence-electron chi connectivity index (χ4n) is 8.52. The number of nitrogens with zero attached hydrogens (tertiary/aromatic N) is 2. The number of aromatic nitrogens is 2. The van der Waals surface area contributed by atoms with E-state index in [2.05, 4.69) is 196 Å². The number of rotatable bonds is 7. The molecule has 8 aromatic carbocycles. The molecule has 2 nitrogen and oxygen atoms in total. The van der Waals surface area contributed by atoms with Crippen molar-refractivity contribution in [2.45, 2.75) is 19.3 Å². The zero-order valence-corrected chi connectivity index (χ0v) is 32.0. The van der Waals surface area contributed by atoms with Crippen LogP contribution in [-0.2, 0) is 5.41 Å². The van der Waals surface area contributed by atoms with Crippen LogP contribution < -0.4 is 0 Å². The summed E-state index contributed by atoms with van der Waals surface area (Å²) in [4.78, 5) is 10.2. The van der Waals surface area contributed by atoms with Crippen LogP contribution in [0, 0.1) is 0 Å². The van der Waals surface area contributed by atoms with Gasteiger partial charge in [-0.1, -0.05) is 196 Å². The summed E-state index contributed by atoms with van der Waals surface area (Å²) in [5.74, 6) is 0.707. The Morgan fingerprint density at radius 2 is 0.719 bits per heavy atom. The van der Waals surface area contributed by atoms with Crippen LogP contribution in [0.15, 0.2) is 206 Å². The average Bonchev–Trinajstić information content (AvgIpc) is 3.53. The Morgan fingerprint density at radius 1 is 0.298 bits per heavy atom. The van der Waals surface area contributed by atoms with Crippen molar-refractivity contribution in [3.8, 4) is 89.5 Å². The van der Waals surface area contributed by atoms with Crippen molar-refractivity contribution in [3.05, 3.63) is 217 Å². The minimum Gasteiger partial charge on any atom is -0.228 e. The molecular weight excluding hydrogens is 689 g/mol. The van der Waals surface area contributed by atoms with Crippen molar-refractivity contribution in [3.63, 3.8) is 0 Å². The van der Waals surface area contributed by atoms with Crippen molar-refractivity contribution < 1.29 is 0 Å². The Hall–Kier alpha value is -7.16. The van der Waals surface area contributed by atoms with E-state index in [1.807, 2.05) is 24.3 Å². The highest BCUT2D eigenvalue weighted by Crippen LogP contribution is 2.52. The summed E-state index contributed by atoms with van der Waals surface area (Å²) in [6.07, 6.45) is 0. The molecule has 0 N–H and O–H groups in total. The van der Waals surface area contributed by atoms with Gasteiger partial charge in [-0.25, -0.2) is 9.97 Å². The van der Waals surface area contributed by atoms with Gasteiger partial charge in [0.25, 0.3) is 0 Å². The van der Waals surface area contributed by atoms with E-state index in [1.54, 1.807) is 0 Å². The quantitative estimate of drug-likeness (QED) is 0.163. The highest BCUT2D eigenvalue weighted by atomic mass is 14.9. The van der Waals surface area contributed by atoms with Gasteiger partial charge in [-0.15, -0.1) is 0 Å². The molecule has 2 heteroatoms. The summed E-state index contributed by atoms with van der Waals surface area (Å²) in [6.45, 7) is 4.68. The molecule has 0 saturated heterocycles. The van der Waals surface area contributed by atoms with Gasteiger partial charge in [-0.3, -0.25) is 0 Å². The van der Waals surface area contributed by atoms with E-state index in [-0.39, 0.29) is 5.41 Å². The number of fused-ring (bicyclic) bond motifs is 3. The Bertz CT molecular complexity index is 2910. The molecule has 0 unspecified atom stereocenters. The van der Waals surface area contributed by atoms with Gasteiger partial charge < -0.3 is 0 Å². The SMILES string of the molecule is CC1(C)c2ccccc2-c2c(-c3cccc(-c4cccc(-c5cccc(-c6cc(-c7ccc(-c8ccccc8)cc7)nc(-c7ccccc7)n6)c5)c4)c3)cccc21. The van der Waals surface area contributed by atoms with Gasteiger partial charge in [0.1, 0.15) is 0 Å². The lowest BCUT2D eigenvalue weighted by Gasteiger charge is -2.21. The predicted octanol–water partition coefficient (Wildman–Crippen LogP) is 14.5. The first-order valence-corrected chi connectivity index (χ1v) is 19.6. The summed E-state index contributed by atoms with van der Waals surface area (Å²) in [6, 6.07) is 73.8. The fourth-order valence-corrected chi connectivity index (χ4v) is 8.52. The normalized spacial score (nSPS) is 12.5. The predicted molar refractivity (Wildman–Crippen MR) is 238 cm³/mol. The summed E-state index contributed by atoms with van der Waals surface area (Å²) >= 11 is 0. The van der Waals surface area contributed by atoms with E-state index in [0.29, 0.717) is 5.82 Å². The van der Waals surface area contributed by atoms with Crippen molar-refractivity contribution in [2.24, 2.45) is 0 Å². The Morgan fingerprint density at radius 3 is 1.39 bits per heavy atom. The van der Waals surface area contributed by atoms with Gasteiger partial charge in [0.2, 0.25) is 0 Å². The van der Waals surface area contributed by atoms with Crippen molar-refractivity contribution in [2.75, 3.05) is 0 Å². The number of hydrogen-bond donors (Lipinski definition) is 0. The van der Waals surface area contributed by atoms with Crippen LogP contribution in [0.3, 0.4) is 0 Å². The maximum atomic E-state index is 5.14. The lowest BCUT2D eigenvalue weighted by molar-refractivity contribution is 0.660. The van der Waals surface area contributed by atoms with Gasteiger partial charge in [-0.05, 0) is 91.0 Å². The maximum absolute atomic E-state index is 5.14. The first-order chi connectivity index (χ1) is 28.0. The molecule has 0 fully saturated rings. The second-order valence-electron chi connectivity index (χ2n) is 15.4. The minimum atomic E-state index is -0.0347. The lowest BCUT2D eigenvalue weighted by atomic mass is 9.82. The highest BCUT2D eigenvalue weighted by molar-refractivity contribution is 5.93. The molecule has 0 saturated carbocycles. The molecule has 0 bridgehead atoms. The molecular formula is C55H40N2. The molecule has 57 heavy (non-hydrogen) atoms. The smallest absolute Gasteiger partial charge is 0.160 e. The zero-order chi connectivity index (χ0) is 38.3. The van der Waals surface area contributed by atoms with Crippen LogP contribution in [0.4, 0.5) is 0 Å². The molecule has 0 spiro atoms. The average molecular weight is 729 g/mol. The third-order valence-corrected chi connectivity index (χ3v) is 11.5. The van der Waals surface area contributed by atoms with E-state index >= 15 is 0 Å². The topological polar surface area (TPSA) is 25.8 Å². The standard InChI is InChI=1S/C55H40N2/c1-55(2)49-27-10-9-25-48(49)53-47(26-14-28-50(53)55)45-23-12-21-43(34-45)41-19-11-20-42(33-41)44-22-13-24-46(35-44)52-36-51(56-54(57-52)40-17-7-4-8-18-40)39-31-29-38(30-32-39)37-15-5-3-6-16-37/h3-36H,1-2H3. The molecule has 1 aromatic heterocycles. The monoisotopic (exact) mass is 728 g/mol. The molecule has 1 aliphatic carbocycles. The van der Waals surface area contributed by atoms with Crippen LogP contribution in [0.2, 0.25) is 0 Å². The first-order valence-electron chi connectivity index (χ1n) is 19.6. The van der Waals surface area contributed by atoms with Crippen molar-refractivity contribution in [1.29, 1.82) is 0 Å². The summed E-state index contributed by atoms with van der Waals surface area (Å²) in [5, 5.41) is 0. The Balaban J connectivity index is 1.00. The molecule has 0 atom stereocenters. The van der Waals surface area contributed by atoms with E-state index in [1.165, 1.54) is 55.6 Å². The van der Waals surface area contributed by atoms with Gasteiger partial charge >= 0.3 is 0 Å². The zero-order valence-electron chi connectivity index (χ0n) is 32.0. The minimum absolute atomic E-state index is 0.0347. The molecule has 1 aliphatic rings. The summed E-state index contributed by atoms with van der Waals surface area (Å²) in [7, 11) is 0. The lowest BCUT2D eigenvalue weighted by Crippen LogP contribution is -2.14. The molecule has 9 aromatic rings. The Labute approximate surface area is 334 Å². The first kappa shape index (κ1) is 34.3. The van der Waals surface area contributed by atoms with Crippen molar-refractivity contribution in [1.82, 2.24) is 9.97 Å². The van der Waals surface area contributed by atoms with Gasteiger partial charge in [0, 0.05) is 22.1 Å². The summed E-state index contributed by atoms with van der Waals surface area (Å²) < 4.78 is 0. The van der Waals surface area contributed by atoms with E-state index in [0.717, 1.165) is 39.2 Å². The second kappa shape index (κ2) is 14.2. The second-order valence-corrected chi connectivity index (χ2v) is 15.4. The Kier molecular flexibility index (Phi) is 8.53. The molecule has 0 amide bonds. The fraction of sp³-hybridized carbons (Fsp3) is 0.0545. The van der Waals surface area contributed by atoms with Crippen LogP contribution in [0.5, 0.6) is 0 Å². The van der Waals surface area contributed by atoms with Crippen LogP contribution in [0.25, 0.3) is 89.5 Å². The molecule has 270 valence electrons. The van der Waals surface area contributed by atoms with Gasteiger partial charge in [0.05, 0.1) is 11.4 Å². The number of hydrogen-bond acceptors (Lipinski definition) is 2. The maximum Gasteiger partial charge on any atom is 0.160 e. The van der Waals surface area contributed by atoms with Gasteiger partial charge in [0.15, 0.2) is 5.82 Å². The molecule has 10 rings (SSSR count). The molecule has 0 aliphatic heterocycles. The van der Waals surface area contributed by atoms with Crippen LogP contribution in [0.1, 0.15) is 25.0 Å². The summed E-state index contributed by atoms with van der Waals surface area (Å²) in [5.41, 5.74) is 19.9. The third kappa shape index (κ3) is 6.36. The third-order valence-electron chi connectivity index (χ3n) is 11.5. The number of benzene rings is 8. The van der Waals surface area contributed by atoms with Crippen molar-refractivity contribution >= 4 is 0 Å². The van der Waals surface area contributed by atoms with E-state index in [9.17, 15) is 0 Å². The van der Waals surface area contributed by atoms with Crippen LogP contribution >= 0.6 is 0 Å². The largest absolute Gasteiger partial charge is 0.228 e. The highest BCUT2D eigenvalue weighted by Gasteiger charge is 2.36. The van der Waals surface area contributed by atoms with Crippen LogP contribution in [-0.4, -0.2) is 9.97 Å². The molecule has 0 radical (unpaired) electrons. The van der Waals surface area contributed by atoms with Gasteiger partial charge in [-0.2, -0.15) is 0 Å². The molecule has 1 heterocycles.